The number of hydrogen-bond acceptors (Lipinski definition) is 8. The van der Waals surface area contributed by atoms with Crippen molar-refractivity contribution < 1.29 is 23.3 Å². The summed E-state index contributed by atoms with van der Waals surface area (Å²) in [6.07, 6.45) is 1.48. The van der Waals surface area contributed by atoms with Crippen LogP contribution < -0.4 is 5.32 Å². The summed E-state index contributed by atoms with van der Waals surface area (Å²) >= 11 is 1.35. The Balaban J connectivity index is 1.45. The zero-order valence-electron chi connectivity index (χ0n) is 12.6. The molecule has 0 saturated heterocycles. The van der Waals surface area contributed by atoms with Crippen LogP contribution in [0.2, 0.25) is 0 Å². The van der Waals surface area contributed by atoms with Crippen molar-refractivity contribution in [3.05, 3.63) is 46.1 Å². The number of thiophene rings is 1. The van der Waals surface area contributed by atoms with Gasteiger partial charge in [-0.3, -0.25) is 9.59 Å². The van der Waals surface area contributed by atoms with Crippen LogP contribution in [-0.4, -0.2) is 28.6 Å². The number of carbonyl (C=O) groups excluding carboxylic acids is 2. The molecule has 0 saturated carbocycles. The number of aromatic nitrogens is 2. The highest BCUT2D eigenvalue weighted by Gasteiger charge is 2.14. The molecule has 0 aromatic carbocycles. The van der Waals surface area contributed by atoms with Crippen LogP contribution in [0.15, 0.2) is 39.5 Å². The van der Waals surface area contributed by atoms with E-state index in [1.165, 1.54) is 17.6 Å². The fourth-order valence-electron chi connectivity index (χ4n) is 1.81. The van der Waals surface area contributed by atoms with Gasteiger partial charge >= 0.3 is 5.97 Å². The predicted molar refractivity (Wildman–Crippen MR) is 83.2 cm³/mol. The van der Waals surface area contributed by atoms with E-state index in [9.17, 15) is 9.59 Å². The normalized spacial score (nSPS) is 10.5. The number of ether oxygens (including phenoxy) is 1. The molecule has 1 N–H and O–H groups in total. The van der Waals surface area contributed by atoms with Crippen molar-refractivity contribution in [2.24, 2.45) is 0 Å². The summed E-state index contributed by atoms with van der Waals surface area (Å²) in [5.41, 5.74) is 0. The van der Waals surface area contributed by atoms with Crippen LogP contribution in [0.1, 0.15) is 20.4 Å². The fourth-order valence-corrected chi connectivity index (χ4v) is 2.59. The lowest BCUT2D eigenvalue weighted by atomic mass is 10.4. The molecule has 0 aliphatic carbocycles. The van der Waals surface area contributed by atoms with Crippen LogP contribution in [0, 0.1) is 6.92 Å². The minimum absolute atomic E-state index is 0.156. The largest absolute Gasteiger partial charge is 0.459 e. The number of nitrogens with one attached hydrogen (secondary N) is 1. The van der Waals surface area contributed by atoms with E-state index in [0.717, 1.165) is 4.88 Å². The predicted octanol–water partition coefficient (Wildman–Crippen LogP) is 2.17. The summed E-state index contributed by atoms with van der Waals surface area (Å²) < 4.78 is 15.1. The molecule has 9 heteroatoms. The minimum atomic E-state index is -0.596. The smallest absolute Gasteiger partial charge is 0.325 e. The highest BCUT2D eigenvalue weighted by atomic mass is 32.1. The van der Waals surface area contributed by atoms with Crippen molar-refractivity contribution in [3.63, 3.8) is 0 Å². The molecular weight excluding hydrogens is 334 g/mol. The Morgan fingerprint density at radius 1 is 1.33 bits per heavy atom. The fraction of sp³-hybridized carbons (Fsp3) is 0.200. The van der Waals surface area contributed by atoms with Crippen molar-refractivity contribution in [2.45, 2.75) is 13.5 Å². The summed E-state index contributed by atoms with van der Waals surface area (Å²) in [5.74, 6) is -0.0772. The van der Waals surface area contributed by atoms with Crippen LogP contribution in [0.3, 0.4) is 0 Å². The van der Waals surface area contributed by atoms with Gasteiger partial charge in [-0.1, -0.05) is 5.16 Å². The zero-order valence-corrected chi connectivity index (χ0v) is 13.5. The monoisotopic (exact) mass is 347 g/mol. The van der Waals surface area contributed by atoms with Gasteiger partial charge in [0.05, 0.1) is 11.1 Å². The molecule has 3 heterocycles. The number of rotatable bonds is 6. The first-order valence-corrected chi connectivity index (χ1v) is 7.80. The quantitative estimate of drug-likeness (QED) is 0.681. The van der Waals surface area contributed by atoms with E-state index in [1.807, 2.05) is 13.0 Å². The van der Waals surface area contributed by atoms with Crippen LogP contribution in [-0.2, 0) is 16.1 Å². The van der Waals surface area contributed by atoms with Crippen LogP contribution in [0.4, 0.5) is 0 Å². The van der Waals surface area contributed by atoms with Gasteiger partial charge in [-0.15, -0.1) is 11.3 Å². The van der Waals surface area contributed by atoms with E-state index in [-0.39, 0.29) is 30.8 Å². The second-order valence-corrected chi connectivity index (χ2v) is 6.03. The lowest BCUT2D eigenvalue weighted by molar-refractivity contribution is -0.143. The highest BCUT2D eigenvalue weighted by molar-refractivity contribution is 7.13. The highest BCUT2D eigenvalue weighted by Crippen LogP contribution is 2.17. The van der Waals surface area contributed by atoms with E-state index >= 15 is 0 Å². The number of furan rings is 1. The molecular formula is C15H13N3O5S. The van der Waals surface area contributed by atoms with Gasteiger partial charge in [0.2, 0.25) is 5.82 Å². The molecule has 0 spiro atoms. The third-order valence-electron chi connectivity index (χ3n) is 2.92. The Kier molecular flexibility index (Phi) is 4.71. The molecule has 0 radical (unpaired) electrons. The van der Waals surface area contributed by atoms with Gasteiger partial charge in [-0.2, -0.15) is 4.98 Å². The second kappa shape index (κ2) is 7.09. The maximum absolute atomic E-state index is 11.8. The molecule has 0 atom stereocenters. The topological polar surface area (TPSA) is 107 Å². The molecule has 0 unspecified atom stereocenters. The second-order valence-electron chi connectivity index (χ2n) is 4.75. The molecule has 1 amide bonds. The van der Waals surface area contributed by atoms with Crippen molar-refractivity contribution in [1.29, 1.82) is 0 Å². The molecule has 0 bridgehead atoms. The van der Waals surface area contributed by atoms with Gasteiger partial charge in [0.1, 0.15) is 6.54 Å². The maximum Gasteiger partial charge on any atom is 0.325 e. The number of esters is 1. The standard InChI is InChI=1S/C15H13N3O5S/c1-9-4-5-11(24-9)14(20)16-7-13(19)22-8-12-17-15(23-18-12)10-3-2-6-21-10/h2-6H,7-8H2,1H3,(H,16,20). The molecule has 3 aromatic heterocycles. The van der Waals surface area contributed by atoms with E-state index in [4.69, 9.17) is 13.7 Å². The van der Waals surface area contributed by atoms with Gasteiger partial charge in [0.15, 0.2) is 12.4 Å². The third-order valence-corrected chi connectivity index (χ3v) is 3.92. The van der Waals surface area contributed by atoms with E-state index in [0.29, 0.717) is 10.6 Å². The first-order chi connectivity index (χ1) is 11.6. The molecule has 3 aromatic rings. The summed E-state index contributed by atoms with van der Waals surface area (Å²) in [6.45, 7) is 1.51. The van der Waals surface area contributed by atoms with Crippen molar-refractivity contribution in [1.82, 2.24) is 15.5 Å². The Bertz CT molecular complexity index is 837. The van der Waals surface area contributed by atoms with Crippen molar-refractivity contribution >= 4 is 23.2 Å². The van der Waals surface area contributed by atoms with Crippen LogP contribution >= 0.6 is 11.3 Å². The number of hydrogen-bond donors (Lipinski definition) is 1. The van der Waals surface area contributed by atoms with Crippen LogP contribution in [0.25, 0.3) is 11.7 Å². The lowest BCUT2D eigenvalue weighted by Gasteiger charge is -2.03. The van der Waals surface area contributed by atoms with Gasteiger partial charge in [0, 0.05) is 4.88 Å². The molecule has 0 aliphatic rings. The SMILES string of the molecule is Cc1ccc(C(=O)NCC(=O)OCc2noc(-c3ccco3)n2)s1. The van der Waals surface area contributed by atoms with Gasteiger partial charge in [-0.25, -0.2) is 0 Å². The summed E-state index contributed by atoms with van der Waals surface area (Å²) in [7, 11) is 0. The maximum atomic E-state index is 11.8. The molecule has 3 rings (SSSR count). The number of nitrogens with zero attached hydrogens (tertiary/aromatic N) is 2. The molecule has 8 nitrogen and oxygen atoms in total. The number of carbonyl (C=O) groups is 2. The summed E-state index contributed by atoms with van der Waals surface area (Å²) in [5, 5.41) is 6.17. The van der Waals surface area contributed by atoms with Crippen molar-refractivity contribution in [3.8, 4) is 11.7 Å². The number of amides is 1. The van der Waals surface area contributed by atoms with Gasteiger partial charge in [0.25, 0.3) is 11.8 Å². The van der Waals surface area contributed by atoms with Gasteiger partial charge < -0.3 is 19.0 Å². The summed E-state index contributed by atoms with van der Waals surface area (Å²) in [6, 6.07) is 6.91. The van der Waals surface area contributed by atoms with Crippen molar-refractivity contribution in [2.75, 3.05) is 6.54 Å². The van der Waals surface area contributed by atoms with Crippen LogP contribution in [0.5, 0.6) is 0 Å². The van der Waals surface area contributed by atoms with E-state index < -0.39 is 5.97 Å². The molecule has 0 aliphatic heterocycles. The average molecular weight is 347 g/mol. The Hall–Kier alpha value is -2.94. The first kappa shape index (κ1) is 15.9. The Morgan fingerprint density at radius 2 is 2.21 bits per heavy atom. The van der Waals surface area contributed by atoms with Gasteiger partial charge in [-0.05, 0) is 31.2 Å². The van der Waals surface area contributed by atoms with E-state index in [1.54, 1.807) is 18.2 Å². The molecule has 124 valence electrons. The summed E-state index contributed by atoms with van der Waals surface area (Å²) in [4.78, 5) is 29.1. The zero-order chi connectivity index (χ0) is 16.9. The number of aryl methyl sites for hydroxylation is 1. The Morgan fingerprint density at radius 3 is 2.92 bits per heavy atom. The minimum Gasteiger partial charge on any atom is -0.459 e. The first-order valence-electron chi connectivity index (χ1n) is 6.98. The average Bonchev–Trinajstić information content (AvgIpc) is 3.30. The van der Waals surface area contributed by atoms with E-state index in [2.05, 4.69) is 15.5 Å². The molecule has 24 heavy (non-hydrogen) atoms. The molecule has 0 fully saturated rings. The third kappa shape index (κ3) is 3.87. The lowest BCUT2D eigenvalue weighted by Crippen LogP contribution is -2.30. The Labute approximate surface area is 140 Å².